The summed E-state index contributed by atoms with van der Waals surface area (Å²) in [5, 5.41) is 1.73. The van der Waals surface area contributed by atoms with Crippen LogP contribution in [0.4, 0.5) is 0 Å². The number of benzene rings is 1. The minimum atomic E-state index is 0.135. The summed E-state index contributed by atoms with van der Waals surface area (Å²) in [6.07, 6.45) is 0.559. The first-order chi connectivity index (χ1) is 7.59. The molecule has 1 fully saturated rings. The van der Waals surface area contributed by atoms with Crippen LogP contribution in [0.15, 0.2) is 24.3 Å². The maximum Gasteiger partial charge on any atom is 0.238 e. The van der Waals surface area contributed by atoms with E-state index in [2.05, 4.69) is 24.5 Å². The minimum Gasteiger partial charge on any atom is -0.275 e. The summed E-state index contributed by atoms with van der Waals surface area (Å²) < 4.78 is 0. The molecule has 1 amide bonds. The Hall–Kier alpha value is -1.35. The van der Waals surface area contributed by atoms with Gasteiger partial charge in [-0.1, -0.05) is 24.3 Å². The largest absolute Gasteiger partial charge is 0.275 e. The number of nitrogens with zero attached hydrogens (tertiary/aromatic N) is 1. The van der Waals surface area contributed by atoms with E-state index in [1.54, 1.807) is 5.01 Å². The summed E-state index contributed by atoms with van der Waals surface area (Å²) in [6.45, 7) is 6.12. The van der Waals surface area contributed by atoms with Crippen LogP contribution >= 0.6 is 0 Å². The van der Waals surface area contributed by atoms with Gasteiger partial charge in [0.1, 0.15) is 0 Å². The van der Waals surface area contributed by atoms with Crippen molar-refractivity contribution in [2.24, 2.45) is 0 Å². The van der Waals surface area contributed by atoms with Crippen molar-refractivity contribution in [1.29, 1.82) is 0 Å². The zero-order chi connectivity index (χ0) is 11.7. The van der Waals surface area contributed by atoms with Crippen molar-refractivity contribution in [3.63, 3.8) is 0 Å². The van der Waals surface area contributed by atoms with E-state index >= 15 is 0 Å². The maximum absolute atomic E-state index is 11.8. The van der Waals surface area contributed by atoms with Crippen molar-refractivity contribution < 1.29 is 4.79 Å². The molecule has 0 aromatic heterocycles. The Labute approximate surface area is 96.4 Å². The summed E-state index contributed by atoms with van der Waals surface area (Å²) in [4.78, 5) is 11.8. The number of hydrogen-bond donors (Lipinski definition) is 1. The van der Waals surface area contributed by atoms with Gasteiger partial charge in [0.25, 0.3) is 0 Å². The molecule has 1 aliphatic rings. The van der Waals surface area contributed by atoms with Crippen molar-refractivity contribution in [3.05, 3.63) is 35.4 Å². The standard InChI is InChI=1S/C13H18N2O/c1-9(2)15-13(16)8-12(14-15)11-7-5-4-6-10(11)3/h4-7,9,12,14H,8H2,1-3H3. The van der Waals surface area contributed by atoms with Gasteiger partial charge in [-0.3, -0.25) is 9.80 Å². The molecule has 0 saturated carbocycles. The summed E-state index contributed by atoms with van der Waals surface area (Å²) in [5.41, 5.74) is 5.74. The highest BCUT2D eigenvalue weighted by atomic mass is 16.2. The van der Waals surface area contributed by atoms with Crippen LogP contribution in [-0.2, 0) is 4.79 Å². The topological polar surface area (TPSA) is 32.3 Å². The lowest BCUT2D eigenvalue weighted by molar-refractivity contribution is -0.131. The Morgan fingerprint density at radius 3 is 2.62 bits per heavy atom. The van der Waals surface area contributed by atoms with Crippen LogP contribution in [0, 0.1) is 6.92 Å². The fourth-order valence-corrected chi connectivity index (χ4v) is 2.15. The summed E-state index contributed by atoms with van der Waals surface area (Å²) in [6, 6.07) is 8.56. The fraction of sp³-hybridized carbons (Fsp3) is 0.462. The highest BCUT2D eigenvalue weighted by Gasteiger charge is 2.31. The molecule has 1 saturated heterocycles. The second-order valence-corrected chi connectivity index (χ2v) is 4.60. The highest BCUT2D eigenvalue weighted by molar-refractivity contribution is 5.79. The van der Waals surface area contributed by atoms with E-state index in [1.807, 2.05) is 26.0 Å². The lowest BCUT2D eigenvalue weighted by atomic mass is 10.0. The lowest BCUT2D eigenvalue weighted by Crippen LogP contribution is -2.40. The number of rotatable bonds is 2. The number of hydrogen-bond acceptors (Lipinski definition) is 2. The molecule has 1 aliphatic heterocycles. The molecular formula is C13H18N2O. The number of nitrogens with one attached hydrogen (secondary N) is 1. The van der Waals surface area contributed by atoms with Gasteiger partial charge in [-0.25, -0.2) is 5.43 Å². The molecule has 16 heavy (non-hydrogen) atoms. The van der Waals surface area contributed by atoms with E-state index in [-0.39, 0.29) is 18.0 Å². The van der Waals surface area contributed by atoms with Gasteiger partial charge in [0.05, 0.1) is 6.04 Å². The SMILES string of the molecule is Cc1ccccc1C1CC(=O)N(C(C)C)N1. The number of aryl methyl sites for hydroxylation is 1. The van der Waals surface area contributed by atoms with Crippen LogP contribution in [0.5, 0.6) is 0 Å². The smallest absolute Gasteiger partial charge is 0.238 e. The van der Waals surface area contributed by atoms with Gasteiger partial charge >= 0.3 is 0 Å². The van der Waals surface area contributed by atoms with Gasteiger partial charge in [0, 0.05) is 12.5 Å². The van der Waals surface area contributed by atoms with E-state index < -0.39 is 0 Å². The zero-order valence-electron chi connectivity index (χ0n) is 10.0. The summed E-state index contributed by atoms with van der Waals surface area (Å²) in [7, 11) is 0. The first-order valence-electron chi connectivity index (χ1n) is 5.73. The second kappa shape index (κ2) is 4.26. The van der Waals surface area contributed by atoms with E-state index in [0.29, 0.717) is 6.42 Å². The molecule has 2 rings (SSSR count). The molecule has 0 spiro atoms. The molecule has 1 N–H and O–H groups in total. The Balaban J connectivity index is 2.20. The quantitative estimate of drug-likeness (QED) is 0.825. The van der Waals surface area contributed by atoms with Gasteiger partial charge < -0.3 is 0 Å². The zero-order valence-corrected chi connectivity index (χ0v) is 10.0. The van der Waals surface area contributed by atoms with Crippen molar-refractivity contribution >= 4 is 5.91 Å². The first kappa shape index (κ1) is 11.1. The Kier molecular flexibility index (Phi) is 2.97. The summed E-state index contributed by atoms with van der Waals surface area (Å²) in [5.74, 6) is 0.184. The second-order valence-electron chi connectivity index (χ2n) is 4.60. The third kappa shape index (κ3) is 1.95. The number of carbonyl (C=O) groups is 1. The third-order valence-corrected chi connectivity index (χ3v) is 3.02. The number of carbonyl (C=O) groups excluding carboxylic acids is 1. The van der Waals surface area contributed by atoms with Crippen LogP contribution < -0.4 is 5.43 Å². The van der Waals surface area contributed by atoms with Gasteiger partial charge in [-0.2, -0.15) is 0 Å². The molecule has 0 aliphatic carbocycles. The molecule has 1 heterocycles. The maximum atomic E-state index is 11.8. The summed E-state index contributed by atoms with van der Waals surface area (Å²) >= 11 is 0. The molecule has 0 radical (unpaired) electrons. The van der Waals surface area contributed by atoms with Crippen molar-refractivity contribution in [3.8, 4) is 0 Å². The van der Waals surface area contributed by atoms with Crippen molar-refractivity contribution in [2.75, 3.05) is 0 Å². The molecule has 86 valence electrons. The Bertz CT molecular complexity index is 401. The van der Waals surface area contributed by atoms with Gasteiger partial charge in [-0.15, -0.1) is 0 Å². The van der Waals surface area contributed by atoms with Crippen LogP contribution in [0.25, 0.3) is 0 Å². The predicted molar refractivity (Wildman–Crippen MR) is 63.7 cm³/mol. The molecule has 3 heteroatoms. The molecule has 3 nitrogen and oxygen atoms in total. The predicted octanol–water partition coefficient (Wildman–Crippen LogP) is 2.18. The van der Waals surface area contributed by atoms with E-state index in [4.69, 9.17) is 0 Å². The van der Waals surface area contributed by atoms with Crippen LogP contribution in [0.3, 0.4) is 0 Å². The lowest BCUT2D eigenvalue weighted by Gasteiger charge is -2.22. The average Bonchev–Trinajstić information content (AvgIpc) is 2.61. The normalized spacial score (nSPS) is 20.9. The van der Waals surface area contributed by atoms with Crippen LogP contribution in [0.1, 0.15) is 37.4 Å². The first-order valence-corrected chi connectivity index (χ1v) is 5.73. The molecule has 1 atom stereocenters. The van der Waals surface area contributed by atoms with Crippen molar-refractivity contribution in [2.45, 2.75) is 39.3 Å². The monoisotopic (exact) mass is 218 g/mol. The van der Waals surface area contributed by atoms with Gasteiger partial charge in [-0.05, 0) is 31.9 Å². The molecule has 1 aromatic rings. The Morgan fingerprint density at radius 2 is 2.06 bits per heavy atom. The highest BCUT2D eigenvalue weighted by Crippen LogP contribution is 2.26. The molecule has 1 aromatic carbocycles. The van der Waals surface area contributed by atoms with Crippen LogP contribution in [0.2, 0.25) is 0 Å². The molecular weight excluding hydrogens is 200 g/mol. The van der Waals surface area contributed by atoms with Gasteiger partial charge in [0.2, 0.25) is 5.91 Å². The molecule has 0 bridgehead atoms. The minimum absolute atomic E-state index is 0.135. The van der Waals surface area contributed by atoms with Crippen LogP contribution in [-0.4, -0.2) is 17.0 Å². The van der Waals surface area contributed by atoms with E-state index in [1.165, 1.54) is 11.1 Å². The average molecular weight is 218 g/mol. The Morgan fingerprint density at radius 1 is 1.38 bits per heavy atom. The van der Waals surface area contributed by atoms with Crippen molar-refractivity contribution in [1.82, 2.24) is 10.4 Å². The van der Waals surface area contributed by atoms with E-state index in [9.17, 15) is 4.79 Å². The van der Waals surface area contributed by atoms with E-state index in [0.717, 1.165) is 0 Å². The number of hydrazine groups is 1. The van der Waals surface area contributed by atoms with Gasteiger partial charge in [0.15, 0.2) is 0 Å². The number of amides is 1. The fourth-order valence-electron chi connectivity index (χ4n) is 2.15. The third-order valence-electron chi connectivity index (χ3n) is 3.02. The molecule has 1 unspecified atom stereocenters.